The SMILES string of the molecule is NC=C(/C=C\N)Oc1ccc2[nH]c(C(N)C3CCCCCCC3)nc2c1F. The van der Waals surface area contributed by atoms with Gasteiger partial charge in [0.25, 0.3) is 0 Å². The van der Waals surface area contributed by atoms with E-state index in [-0.39, 0.29) is 23.1 Å². The Morgan fingerprint density at radius 3 is 2.56 bits per heavy atom. The van der Waals surface area contributed by atoms with Gasteiger partial charge in [0.2, 0.25) is 0 Å². The van der Waals surface area contributed by atoms with Crippen molar-refractivity contribution in [1.29, 1.82) is 0 Å². The summed E-state index contributed by atoms with van der Waals surface area (Å²) in [5.41, 5.74) is 18.1. The molecule has 7 N–H and O–H groups in total. The van der Waals surface area contributed by atoms with Gasteiger partial charge in [-0.2, -0.15) is 0 Å². The highest BCUT2D eigenvalue weighted by Gasteiger charge is 2.24. The van der Waals surface area contributed by atoms with Crippen molar-refractivity contribution in [3.63, 3.8) is 0 Å². The van der Waals surface area contributed by atoms with Crippen LogP contribution in [0.5, 0.6) is 5.75 Å². The number of benzene rings is 1. The van der Waals surface area contributed by atoms with Gasteiger partial charge in [0.15, 0.2) is 11.6 Å². The van der Waals surface area contributed by atoms with Gasteiger partial charge in [-0.3, -0.25) is 0 Å². The molecule has 1 aromatic carbocycles. The summed E-state index contributed by atoms with van der Waals surface area (Å²) in [6.45, 7) is 0. The minimum absolute atomic E-state index is 0.0369. The molecule has 7 heteroatoms. The van der Waals surface area contributed by atoms with Crippen molar-refractivity contribution in [1.82, 2.24) is 9.97 Å². The Bertz CT molecular complexity index is 821. The molecule has 1 unspecified atom stereocenters. The quantitative estimate of drug-likeness (QED) is 0.471. The van der Waals surface area contributed by atoms with E-state index in [0.29, 0.717) is 17.3 Å². The number of imidazole rings is 1. The molecule has 1 aliphatic carbocycles. The molecule has 1 saturated carbocycles. The highest BCUT2D eigenvalue weighted by Crippen LogP contribution is 2.33. The molecular weight excluding hydrogens is 345 g/mol. The van der Waals surface area contributed by atoms with Crippen LogP contribution >= 0.6 is 0 Å². The molecule has 0 bridgehead atoms. The van der Waals surface area contributed by atoms with E-state index in [1.165, 1.54) is 56.6 Å². The Kier molecular flexibility index (Phi) is 6.34. The number of H-pyrrole nitrogens is 1. The van der Waals surface area contributed by atoms with Crippen molar-refractivity contribution in [3.05, 3.63) is 48.0 Å². The molecule has 27 heavy (non-hydrogen) atoms. The third kappa shape index (κ3) is 4.42. The number of nitrogens with zero attached hydrogens (tertiary/aromatic N) is 1. The normalized spacial score (nSPS) is 18.5. The summed E-state index contributed by atoms with van der Waals surface area (Å²) in [4.78, 5) is 7.64. The first-order valence-electron chi connectivity index (χ1n) is 9.55. The highest BCUT2D eigenvalue weighted by molar-refractivity contribution is 5.78. The van der Waals surface area contributed by atoms with Crippen LogP contribution in [0.2, 0.25) is 0 Å². The van der Waals surface area contributed by atoms with Gasteiger partial charge in [0.1, 0.15) is 17.1 Å². The Balaban J connectivity index is 1.85. The Hall–Kier alpha value is -2.54. The Morgan fingerprint density at radius 1 is 1.19 bits per heavy atom. The van der Waals surface area contributed by atoms with Gasteiger partial charge < -0.3 is 26.9 Å². The molecule has 1 fully saturated rings. The fraction of sp³-hybridized carbons (Fsp3) is 0.450. The molecule has 3 rings (SSSR count). The summed E-state index contributed by atoms with van der Waals surface area (Å²) in [6.07, 6.45) is 12.3. The van der Waals surface area contributed by atoms with Crippen molar-refractivity contribution < 1.29 is 9.13 Å². The zero-order chi connectivity index (χ0) is 19.2. The second-order valence-electron chi connectivity index (χ2n) is 7.06. The van der Waals surface area contributed by atoms with E-state index >= 15 is 0 Å². The Morgan fingerprint density at radius 2 is 1.89 bits per heavy atom. The van der Waals surface area contributed by atoms with Gasteiger partial charge in [-0.25, -0.2) is 9.37 Å². The van der Waals surface area contributed by atoms with Crippen LogP contribution in [0.3, 0.4) is 0 Å². The second-order valence-corrected chi connectivity index (χ2v) is 7.06. The molecule has 0 amide bonds. The van der Waals surface area contributed by atoms with Crippen molar-refractivity contribution in [3.8, 4) is 5.75 Å². The monoisotopic (exact) mass is 373 g/mol. The van der Waals surface area contributed by atoms with Crippen LogP contribution in [0.1, 0.15) is 56.8 Å². The smallest absolute Gasteiger partial charge is 0.193 e. The third-order valence-corrected chi connectivity index (χ3v) is 5.20. The fourth-order valence-corrected chi connectivity index (χ4v) is 3.69. The number of nitrogens with two attached hydrogens (primary N) is 3. The number of halogens is 1. The van der Waals surface area contributed by atoms with Crippen LogP contribution in [-0.4, -0.2) is 9.97 Å². The Labute approximate surface area is 158 Å². The van der Waals surface area contributed by atoms with E-state index in [9.17, 15) is 4.39 Å². The first-order chi connectivity index (χ1) is 13.1. The summed E-state index contributed by atoms with van der Waals surface area (Å²) in [7, 11) is 0. The van der Waals surface area contributed by atoms with Crippen molar-refractivity contribution in [2.75, 3.05) is 0 Å². The van der Waals surface area contributed by atoms with E-state index in [0.717, 1.165) is 12.8 Å². The highest BCUT2D eigenvalue weighted by atomic mass is 19.1. The number of ether oxygens (including phenoxy) is 1. The minimum Gasteiger partial charge on any atom is -0.453 e. The van der Waals surface area contributed by atoms with Gasteiger partial charge in [0, 0.05) is 6.20 Å². The van der Waals surface area contributed by atoms with Crippen molar-refractivity contribution >= 4 is 11.0 Å². The molecule has 0 radical (unpaired) electrons. The molecule has 0 saturated heterocycles. The molecule has 146 valence electrons. The molecule has 1 aliphatic rings. The maximum atomic E-state index is 14.9. The summed E-state index contributed by atoms with van der Waals surface area (Å²) >= 11 is 0. The zero-order valence-electron chi connectivity index (χ0n) is 15.5. The van der Waals surface area contributed by atoms with Crippen LogP contribution in [-0.2, 0) is 0 Å². The van der Waals surface area contributed by atoms with E-state index in [2.05, 4.69) is 9.97 Å². The third-order valence-electron chi connectivity index (χ3n) is 5.20. The summed E-state index contributed by atoms with van der Waals surface area (Å²) in [6, 6.07) is 3.04. The number of aromatic nitrogens is 2. The van der Waals surface area contributed by atoms with Crippen LogP contribution < -0.4 is 21.9 Å². The van der Waals surface area contributed by atoms with Gasteiger partial charge in [0.05, 0.1) is 11.6 Å². The topological polar surface area (TPSA) is 116 Å². The molecule has 1 atom stereocenters. The molecule has 6 nitrogen and oxygen atoms in total. The molecule has 1 aromatic heterocycles. The minimum atomic E-state index is -0.551. The summed E-state index contributed by atoms with van der Waals surface area (Å²) in [5.74, 6) is 0.728. The van der Waals surface area contributed by atoms with E-state index in [1.807, 2.05) is 0 Å². The van der Waals surface area contributed by atoms with Gasteiger partial charge in [-0.1, -0.05) is 32.1 Å². The number of nitrogens with one attached hydrogen (secondary N) is 1. The lowest BCUT2D eigenvalue weighted by molar-refractivity contribution is 0.321. The van der Waals surface area contributed by atoms with E-state index in [1.54, 1.807) is 6.07 Å². The molecule has 1 heterocycles. The average Bonchev–Trinajstić information content (AvgIpc) is 3.08. The fourth-order valence-electron chi connectivity index (χ4n) is 3.69. The predicted octanol–water partition coefficient (Wildman–Crippen LogP) is 3.71. The molecule has 0 aliphatic heterocycles. The maximum Gasteiger partial charge on any atom is 0.193 e. The zero-order valence-corrected chi connectivity index (χ0v) is 15.5. The molecule has 2 aromatic rings. The van der Waals surface area contributed by atoms with Crippen LogP contribution in [0.25, 0.3) is 11.0 Å². The number of aromatic amines is 1. The van der Waals surface area contributed by atoms with Crippen LogP contribution in [0, 0.1) is 11.7 Å². The van der Waals surface area contributed by atoms with E-state index < -0.39 is 5.82 Å². The van der Waals surface area contributed by atoms with E-state index in [4.69, 9.17) is 21.9 Å². The van der Waals surface area contributed by atoms with Gasteiger partial charge >= 0.3 is 0 Å². The maximum absolute atomic E-state index is 14.9. The van der Waals surface area contributed by atoms with Gasteiger partial charge in [-0.15, -0.1) is 0 Å². The first kappa shape index (κ1) is 19.2. The average molecular weight is 373 g/mol. The van der Waals surface area contributed by atoms with Gasteiger partial charge in [-0.05, 0) is 43.2 Å². The molecule has 0 spiro atoms. The lowest BCUT2D eigenvalue weighted by Crippen LogP contribution is -2.23. The lowest BCUT2D eigenvalue weighted by Gasteiger charge is -2.24. The standard InChI is InChI=1S/C20H28FN5O/c21-17-16(27-14(12-23)10-11-22)9-8-15-19(17)26-20(25-15)18(24)13-6-4-2-1-3-5-7-13/h8-13,18H,1-7,22-24H2,(H,25,26)/b11-10-,14-12?. The summed E-state index contributed by atoms with van der Waals surface area (Å²) in [5, 5.41) is 0. The van der Waals surface area contributed by atoms with Crippen LogP contribution in [0.4, 0.5) is 4.39 Å². The predicted molar refractivity (Wildman–Crippen MR) is 105 cm³/mol. The van der Waals surface area contributed by atoms with Crippen molar-refractivity contribution in [2.45, 2.75) is 51.0 Å². The second kappa shape index (κ2) is 8.90. The summed E-state index contributed by atoms with van der Waals surface area (Å²) < 4.78 is 20.3. The number of allylic oxidation sites excluding steroid dienone is 1. The number of rotatable bonds is 5. The largest absolute Gasteiger partial charge is 0.453 e. The number of fused-ring (bicyclic) bond motifs is 1. The molecular formula is C20H28FN5O. The first-order valence-corrected chi connectivity index (χ1v) is 9.55. The van der Waals surface area contributed by atoms with Crippen molar-refractivity contribution in [2.24, 2.45) is 23.1 Å². The number of hydrogen-bond donors (Lipinski definition) is 4. The van der Waals surface area contributed by atoms with Crippen LogP contribution in [0.15, 0.2) is 36.4 Å². The lowest BCUT2D eigenvalue weighted by atomic mass is 9.86. The number of hydrogen-bond acceptors (Lipinski definition) is 5.